The van der Waals surface area contributed by atoms with Crippen molar-refractivity contribution in [2.24, 2.45) is 5.10 Å². The summed E-state index contributed by atoms with van der Waals surface area (Å²) in [7, 11) is 0. The number of nitrogens with zero attached hydrogens (tertiary/aromatic N) is 4. The molecule has 0 bridgehead atoms. The van der Waals surface area contributed by atoms with E-state index in [1.54, 1.807) is 30.0 Å². The van der Waals surface area contributed by atoms with Crippen molar-refractivity contribution in [2.45, 2.75) is 13.5 Å². The minimum atomic E-state index is -0.473. The van der Waals surface area contributed by atoms with E-state index in [1.165, 1.54) is 12.1 Å². The van der Waals surface area contributed by atoms with Crippen LogP contribution < -0.4 is 5.43 Å². The van der Waals surface area contributed by atoms with E-state index >= 15 is 0 Å². The molecular formula is C17H15N5O3. The third kappa shape index (κ3) is 3.69. The number of carbonyl (C=O) groups excluding carboxylic acids is 1. The first-order valence-corrected chi connectivity index (χ1v) is 7.52. The number of nitro benzene ring substituents is 1. The van der Waals surface area contributed by atoms with Gasteiger partial charge in [0.25, 0.3) is 11.6 Å². The van der Waals surface area contributed by atoms with Crippen LogP contribution in [0.5, 0.6) is 0 Å². The van der Waals surface area contributed by atoms with Crippen LogP contribution in [0.2, 0.25) is 0 Å². The topological polar surface area (TPSA) is 102 Å². The molecule has 0 radical (unpaired) electrons. The smallest absolute Gasteiger partial charge is 0.270 e. The number of hydrogen-bond donors (Lipinski definition) is 1. The molecule has 0 aliphatic rings. The van der Waals surface area contributed by atoms with Gasteiger partial charge in [-0.05, 0) is 19.1 Å². The average molecular weight is 337 g/mol. The normalized spacial score (nSPS) is 11.5. The van der Waals surface area contributed by atoms with Gasteiger partial charge in [0.05, 0.1) is 28.0 Å². The van der Waals surface area contributed by atoms with Gasteiger partial charge in [0, 0.05) is 17.7 Å². The number of imidazole rings is 1. The summed E-state index contributed by atoms with van der Waals surface area (Å²) in [5.74, 6) is -0.312. The van der Waals surface area contributed by atoms with Gasteiger partial charge in [-0.15, -0.1) is 0 Å². The lowest BCUT2D eigenvalue weighted by atomic mass is 10.1. The maximum Gasteiger partial charge on any atom is 0.270 e. The van der Waals surface area contributed by atoms with E-state index in [2.05, 4.69) is 15.5 Å². The summed E-state index contributed by atoms with van der Waals surface area (Å²) in [5, 5.41) is 14.8. The summed E-state index contributed by atoms with van der Waals surface area (Å²) in [6, 6.07) is 13.6. The molecule has 8 nitrogen and oxygen atoms in total. The molecule has 1 heterocycles. The highest BCUT2D eigenvalue weighted by Gasteiger charge is 2.09. The van der Waals surface area contributed by atoms with Crippen LogP contribution in [-0.4, -0.2) is 26.1 Å². The summed E-state index contributed by atoms with van der Waals surface area (Å²) >= 11 is 0. The van der Waals surface area contributed by atoms with Crippen LogP contribution in [0.1, 0.15) is 12.5 Å². The minimum absolute atomic E-state index is 0.0248. The Kier molecular flexibility index (Phi) is 4.51. The van der Waals surface area contributed by atoms with E-state index in [9.17, 15) is 14.9 Å². The molecule has 0 spiro atoms. The van der Waals surface area contributed by atoms with Crippen molar-refractivity contribution in [3.63, 3.8) is 0 Å². The number of amides is 1. The van der Waals surface area contributed by atoms with E-state index in [0.29, 0.717) is 11.3 Å². The molecule has 0 atom stereocenters. The molecule has 0 fully saturated rings. The highest BCUT2D eigenvalue weighted by molar-refractivity contribution is 5.99. The van der Waals surface area contributed by atoms with Crippen molar-refractivity contribution in [3.05, 3.63) is 70.5 Å². The molecule has 0 aliphatic carbocycles. The number of benzene rings is 2. The standard InChI is InChI=1S/C17H15N5O3/c1-12(13-5-4-6-14(9-13)22(24)25)19-20-17(23)10-21-11-18-15-7-2-3-8-16(15)21/h2-9,11H,10H2,1H3,(H,20,23)/b19-12-. The van der Waals surface area contributed by atoms with Gasteiger partial charge < -0.3 is 4.57 Å². The van der Waals surface area contributed by atoms with Gasteiger partial charge in [-0.2, -0.15) is 5.10 Å². The van der Waals surface area contributed by atoms with Gasteiger partial charge >= 0.3 is 0 Å². The first-order chi connectivity index (χ1) is 12.0. The zero-order chi connectivity index (χ0) is 17.8. The Labute approximate surface area is 142 Å². The molecule has 25 heavy (non-hydrogen) atoms. The summed E-state index contributed by atoms with van der Waals surface area (Å²) in [6.45, 7) is 1.75. The maximum absolute atomic E-state index is 12.1. The van der Waals surface area contributed by atoms with Crippen molar-refractivity contribution >= 4 is 28.3 Å². The third-order valence-electron chi connectivity index (χ3n) is 3.66. The Morgan fingerprint density at radius 3 is 2.88 bits per heavy atom. The van der Waals surface area contributed by atoms with Crippen LogP contribution in [-0.2, 0) is 11.3 Å². The fourth-order valence-electron chi connectivity index (χ4n) is 2.38. The van der Waals surface area contributed by atoms with E-state index in [1.807, 2.05) is 24.3 Å². The predicted molar refractivity (Wildman–Crippen MR) is 93.2 cm³/mol. The van der Waals surface area contributed by atoms with E-state index in [-0.39, 0.29) is 18.1 Å². The van der Waals surface area contributed by atoms with Crippen molar-refractivity contribution in [2.75, 3.05) is 0 Å². The lowest BCUT2D eigenvalue weighted by Gasteiger charge is -2.05. The number of fused-ring (bicyclic) bond motifs is 1. The van der Waals surface area contributed by atoms with Gasteiger partial charge in [-0.25, -0.2) is 10.4 Å². The Balaban J connectivity index is 1.69. The van der Waals surface area contributed by atoms with Crippen molar-refractivity contribution in [3.8, 4) is 0 Å². The molecule has 0 saturated carbocycles. The lowest BCUT2D eigenvalue weighted by molar-refractivity contribution is -0.384. The molecule has 1 amide bonds. The summed E-state index contributed by atoms with van der Waals surface area (Å²) in [6.07, 6.45) is 1.60. The Bertz CT molecular complexity index is 977. The molecule has 0 unspecified atom stereocenters. The predicted octanol–water partition coefficient (Wildman–Crippen LogP) is 2.48. The van der Waals surface area contributed by atoms with Gasteiger partial charge in [-0.1, -0.05) is 24.3 Å². The average Bonchev–Trinajstić information content (AvgIpc) is 3.03. The monoisotopic (exact) mass is 337 g/mol. The van der Waals surface area contributed by atoms with Gasteiger partial charge in [-0.3, -0.25) is 14.9 Å². The number of hydrazone groups is 1. The number of non-ortho nitro benzene ring substituents is 1. The second kappa shape index (κ2) is 6.91. The third-order valence-corrected chi connectivity index (χ3v) is 3.66. The van der Waals surface area contributed by atoms with Gasteiger partial charge in [0.2, 0.25) is 0 Å². The minimum Gasteiger partial charge on any atom is -0.321 e. The Morgan fingerprint density at radius 1 is 1.28 bits per heavy atom. The fourth-order valence-corrected chi connectivity index (χ4v) is 2.38. The molecule has 1 N–H and O–H groups in total. The number of aromatic nitrogens is 2. The summed E-state index contributed by atoms with van der Waals surface area (Å²) < 4.78 is 1.73. The second-order valence-corrected chi connectivity index (χ2v) is 5.40. The van der Waals surface area contributed by atoms with E-state index in [0.717, 1.165) is 11.0 Å². The zero-order valence-electron chi connectivity index (χ0n) is 13.4. The number of hydrogen-bond acceptors (Lipinski definition) is 5. The van der Waals surface area contributed by atoms with Crippen LogP contribution in [0.3, 0.4) is 0 Å². The highest BCUT2D eigenvalue weighted by atomic mass is 16.6. The first kappa shape index (κ1) is 16.3. The molecule has 2 aromatic carbocycles. The summed E-state index contributed by atoms with van der Waals surface area (Å²) in [5.41, 5.74) is 5.16. The van der Waals surface area contributed by atoms with Crippen LogP contribution in [0.4, 0.5) is 5.69 Å². The maximum atomic E-state index is 12.1. The number of carbonyl (C=O) groups is 1. The molecule has 3 aromatic rings. The quantitative estimate of drug-likeness (QED) is 0.439. The Hall–Kier alpha value is -3.55. The van der Waals surface area contributed by atoms with E-state index < -0.39 is 4.92 Å². The Morgan fingerprint density at radius 2 is 2.08 bits per heavy atom. The van der Waals surface area contributed by atoms with Crippen LogP contribution in [0.25, 0.3) is 11.0 Å². The SMILES string of the molecule is C/C(=N/NC(=O)Cn1cnc2ccccc21)c1cccc([N+](=O)[O-])c1. The van der Waals surface area contributed by atoms with E-state index in [4.69, 9.17) is 0 Å². The molecule has 0 aliphatic heterocycles. The molecule has 1 aromatic heterocycles. The van der Waals surface area contributed by atoms with Crippen molar-refractivity contribution < 1.29 is 9.72 Å². The first-order valence-electron chi connectivity index (χ1n) is 7.52. The molecule has 3 rings (SSSR count). The van der Waals surface area contributed by atoms with Crippen molar-refractivity contribution in [1.29, 1.82) is 0 Å². The second-order valence-electron chi connectivity index (χ2n) is 5.40. The molecule has 0 saturated heterocycles. The molecule has 126 valence electrons. The number of para-hydroxylation sites is 2. The lowest BCUT2D eigenvalue weighted by Crippen LogP contribution is -2.24. The highest BCUT2D eigenvalue weighted by Crippen LogP contribution is 2.14. The largest absolute Gasteiger partial charge is 0.321 e. The summed E-state index contributed by atoms with van der Waals surface area (Å²) in [4.78, 5) is 26.7. The number of nitrogens with one attached hydrogen (secondary N) is 1. The van der Waals surface area contributed by atoms with Crippen LogP contribution >= 0.6 is 0 Å². The van der Waals surface area contributed by atoms with Crippen LogP contribution in [0.15, 0.2) is 60.0 Å². The zero-order valence-corrected chi connectivity index (χ0v) is 13.4. The van der Waals surface area contributed by atoms with Crippen molar-refractivity contribution in [1.82, 2.24) is 15.0 Å². The van der Waals surface area contributed by atoms with Gasteiger partial charge in [0.15, 0.2) is 0 Å². The molecule has 8 heteroatoms. The number of rotatable bonds is 5. The molecular weight excluding hydrogens is 322 g/mol. The fraction of sp³-hybridized carbons (Fsp3) is 0.118. The van der Waals surface area contributed by atoms with Crippen LogP contribution in [0, 0.1) is 10.1 Å². The van der Waals surface area contributed by atoms with Gasteiger partial charge in [0.1, 0.15) is 6.54 Å². The number of nitro groups is 1.